The number of hydrogen-bond donors (Lipinski definition) is 0. The fourth-order valence-corrected chi connectivity index (χ4v) is 2.12. The van der Waals surface area contributed by atoms with Crippen LogP contribution in [-0.2, 0) is 0 Å². The van der Waals surface area contributed by atoms with E-state index in [0.29, 0.717) is 6.01 Å². The van der Waals surface area contributed by atoms with E-state index in [1.165, 1.54) is 32.4 Å². The van der Waals surface area contributed by atoms with Gasteiger partial charge in [0.25, 0.3) is 0 Å². The first kappa shape index (κ1) is 12.1. The summed E-state index contributed by atoms with van der Waals surface area (Å²) in [5.74, 6) is 0.905. The van der Waals surface area contributed by atoms with E-state index < -0.39 is 0 Å². The number of ether oxygens (including phenoxy) is 1. The number of anilines is 1. The minimum Gasteiger partial charge on any atom is -0.467 e. The van der Waals surface area contributed by atoms with E-state index in [0.717, 1.165) is 12.5 Å². The topological polar surface area (TPSA) is 41.5 Å². The molecule has 0 unspecified atom stereocenters. The first-order valence-electron chi connectivity index (χ1n) is 6.10. The molecule has 17 heavy (non-hydrogen) atoms. The normalized spacial score (nSPS) is 16.8. The van der Waals surface area contributed by atoms with Crippen molar-refractivity contribution in [3.05, 3.63) is 12.3 Å². The standard InChI is InChI=1S/C12H20N4O/c1-15(10-16-8-4-3-5-9-16)11-6-7-13-12(14-11)17-2/h6-7H,3-5,8-10H2,1-2H3. The van der Waals surface area contributed by atoms with E-state index in [2.05, 4.69) is 26.8 Å². The molecule has 1 fully saturated rings. The molecule has 0 spiro atoms. The molecule has 0 amide bonds. The lowest BCUT2D eigenvalue weighted by Crippen LogP contribution is -2.39. The van der Waals surface area contributed by atoms with Crippen molar-refractivity contribution in [2.24, 2.45) is 0 Å². The molecule has 1 aromatic rings. The maximum atomic E-state index is 5.03. The molecule has 1 aliphatic rings. The zero-order valence-electron chi connectivity index (χ0n) is 10.6. The van der Waals surface area contributed by atoms with Crippen LogP contribution in [0.1, 0.15) is 19.3 Å². The van der Waals surface area contributed by atoms with Gasteiger partial charge in [-0.3, -0.25) is 4.90 Å². The Balaban J connectivity index is 1.95. The molecule has 1 aromatic heterocycles. The predicted octanol–water partition coefficient (Wildman–Crippen LogP) is 1.36. The summed E-state index contributed by atoms with van der Waals surface area (Å²) in [6.45, 7) is 3.29. The van der Waals surface area contributed by atoms with Crippen molar-refractivity contribution in [3.63, 3.8) is 0 Å². The highest BCUT2D eigenvalue weighted by Gasteiger charge is 2.13. The SMILES string of the molecule is COc1nccc(N(C)CN2CCCCC2)n1. The number of piperidine rings is 1. The summed E-state index contributed by atoms with van der Waals surface area (Å²) in [5.41, 5.74) is 0. The summed E-state index contributed by atoms with van der Waals surface area (Å²) < 4.78 is 5.03. The Morgan fingerprint density at radius 1 is 1.35 bits per heavy atom. The Morgan fingerprint density at radius 3 is 2.82 bits per heavy atom. The predicted molar refractivity (Wildman–Crippen MR) is 67.3 cm³/mol. The highest BCUT2D eigenvalue weighted by Crippen LogP contribution is 2.14. The number of likely N-dealkylation sites (tertiary alicyclic amines) is 1. The highest BCUT2D eigenvalue weighted by molar-refractivity contribution is 5.36. The monoisotopic (exact) mass is 236 g/mol. The van der Waals surface area contributed by atoms with Crippen molar-refractivity contribution >= 4 is 5.82 Å². The average Bonchev–Trinajstić information content (AvgIpc) is 2.40. The molecule has 2 rings (SSSR count). The van der Waals surface area contributed by atoms with Gasteiger partial charge in [-0.2, -0.15) is 4.98 Å². The summed E-state index contributed by atoms with van der Waals surface area (Å²) in [5, 5.41) is 0. The minimum absolute atomic E-state index is 0.424. The molecule has 1 saturated heterocycles. The van der Waals surface area contributed by atoms with Gasteiger partial charge in [0.05, 0.1) is 13.8 Å². The first-order chi connectivity index (χ1) is 8.29. The quantitative estimate of drug-likeness (QED) is 0.789. The van der Waals surface area contributed by atoms with Crippen LogP contribution in [0, 0.1) is 0 Å². The van der Waals surface area contributed by atoms with Gasteiger partial charge >= 0.3 is 6.01 Å². The molecule has 0 N–H and O–H groups in total. The van der Waals surface area contributed by atoms with E-state index in [4.69, 9.17) is 4.74 Å². The van der Waals surface area contributed by atoms with E-state index >= 15 is 0 Å². The number of hydrogen-bond acceptors (Lipinski definition) is 5. The van der Waals surface area contributed by atoms with Crippen LogP contribution < -0.4 is 9.64 Å². The molecule has 0 bridgehead atoms. The Labute approximate surface area is 102 Å². The third kappa shape index (κ3) is 3.30. The van der Waals surface area contributed by atoms with Gasteiger partial charge in [0.1, 0.15) is 5.82 Å². The smallest absolute Gasteiger partial charge is 0.318 e. The summed E-state index contributed by atoms with van der Waals surface area (Å²) in [6, 6.07) is 2.33. The maximum absolute atomic E-state index is 5.03. The van der Waals surface area contributed by atoms with Gasteiger partial charge in [0.2, 0.25) is 0 Å². The molecule has 0 aliphatic carbocycles. The summed E-state index contributed by atoms with van der Waals surface area (Å²) in [4.78, 5) is 12.9. The molecule has 0 atom stereocenters. The van der Waals surface area contributed by atoms with Crippen LogP contribution in [0.5, 0.6) is 6.01 Å². The molecule has 5 heteroatoms. The lowest BCUT2D eigenvalue weighted by molar-refractivity contribution is 0.230. The second kappa shape index (κ2) is 5.82. The lowest BCUT2D eigenvalue weighted by Gasteiger charge is -2.31. The molecular formula is C12H20N4O. The largest absolute Gasteiger partial charge is 0.467 e. The van der Waals surface area contributed by atoms with Crippen LogP contribution in [0.25, 0.3) is 0 Å². The lowest BCUT2D eigenvalue weighted by atomic mass is 10.1. The Hall–Kier alpha value is -1.36. The van der Waals surface area contributed by atoms with Crippen LogP contribution in [0.3, 0.4) is 0 Å². The molecule has 0 radical (unpaired) electrons. The van der Waals surface area contributed by atoms with Crippen molar-refractivity contribution in [2.45, 2.75) is 19.3 Å². The Bertz CT molecular complexity index is 352. The van der Waals surface area contributed by atoms with Crippen molar-refractivity contribution in [1.82, 2.24) is 14.9 Å². The van der Waals surface area contributed by atoms with Crippen LogP contribution in [0.4, 0.5) is 5.82 Å². The molecule has 0 aromatic carbocycles. The van der Waals surface area contributed by atoms with E-state index in [1.54, 1.807) is 13.3 Å². The molecule has 1 aliphatic heterocycles. The van der Waals surface area contributed by atoms with Crippen molar-refractivity contribution in [1.29, 1.82) is 0 Å². The summed E-state index contributed by atoms with van der Waals surface area (Å²) >= 11 is 0. The number of nitrogens with zero attached hydrogens (tertiary/aromatic N) is 4. The second-order valence-electron chi connectivity index (χ2n) is 4.42. The number of methoxy groups -OCH3 is 1. The van der Waals surface area contributed by atoms with Crippen LogP contribution in [0.2, 0.25) is 0 Å². The fraction of sp³-hybridized carbons (Fsp3) is 0.667. The van der Waals surface area contributed by atoms with Gasteiger partial charge in [-0.1, -0.05) is 6.42 Å². The molecule has 2 heterocycles. The fourth-order valence-electron chi connectivity index (χ4n) is 2.12. The zero-order valence-corrected chi connectivity index (χ0v) is 10.6. The molecular weight excluding hydrogens is 216 g/mol. The van der Waals surface area contributed by atoms with Crippen molar-refractivity contribution in [2.75, 3.05) is 38.8 Å². The number of aromatic nitrogens is 2. The first-order valence-corrected chi connectivity index (χ1v) is 6.10. The minimum atomic E-state index is 0.424. The van der Waals surface area contributed by atoms with Gasteiger partial charge in [-0.15, -0.1) is 0 Å². The summed E-state index contributed by atoms with van der Waals surface area (Å²) in [7, 11) is 3.64. The molecule has 5 nitrogen and oxygen atoms in total. The van der Waals surface area contributed by atoms with Crippen LogP contribution >= 0.6 is 0 Å². The van der Waals surface area contributed by atoms with Gasteiger partial charge < -0.3 is 9.64 Å². The van der Waals surface area contributed by atoms with E-state index in [1.807, 2.05) is 6.07 Å². The van der Waals surface area contributed by atoms with E-state index in [-0.39, 0.29) is 0 Å². The van der Waals surface area contributed by atoms with E-state index in [9.17, 15) is 0 Å². The average molecular weight is 236 g/mol. The van der Waals surface area contributed by atoms with Crippen LogP contribution in [0.15, 0.2) is 12.3 Å². The van der Waals surface area contributed by atoms with Gasteiger partial charge in [0, 0.05) is 13.2 Å². The zero-order chi connectivity index (χ0) is 12.1. The highest BCUT2D eigenvalue weighted by atomic mass is 16.5. The second-order valence-corrected chi connectivity index (χ2v) is 4.42. The van der Waals surface area contributed by atoms with Gasteiger partial charge in [0.15, 0.2) is 0 Å². The van der Waals surface area contributed by atoms with Gasteiger partial charge in [-0.05, 0) is 32.0 Å². The molecule has 94 valence electrons. The third-order valence-electron chi connectivity index (χ3n) is 3.05. The van der Waals surface area contributed by atoms with Crippen molar-refractivity contribution in [3.8, 4) is 6.01 Å². The third-order valence-corrected chi connectivity index (χ3v) is 3.05. The molecule has 0 saturated carbocycles. The van der Waals surface area contributed by atoms with Crippen molar-refractivity contribution < 1.29 is 4.74 Å². The van der Waals surface area contributed by atoms with Crippen LogP contribution in [-0.4, -0.2) is 48.8 Å². The Morgan fingerprint density at radius 2 is 2.12 bits per heavy atom. The Kier molecular flexibility index (Phi) is 4.14. The summed E-state index contributed by atoms with van der Waals surface area (Å²) in [6.07, 6.45) is 5.71. The maximum Gasteiger partial charge on any atom is 0.318 e. The van der Waals surface area contributed by atoms with Gasteiger partial charge in [-0.25, -0.2) is 4.98 Å². The number of rotatable bonds is 4.